The predicted molar refractivity (Wildman–Crippen MR) is 79.4 cm³/mol. The van der Waals surface area contributed by atoms with Gasteiger partial charge in [0.1, 0.15) is 0 Å². The van der Waals surface area contributed by atoms with Gasteiger partial charge in [-0.3, -0.25) is 19.3 Å². The van der Waals surface area contributed by atoms with Crippen LogP contribution in [0.25, 0.3) is 0 Å². The van der Waals surface area contributed by atoms with E-state index in [0.717, 1.165) is 12.0 Å². The van der Waals surface area contributed by atoms with E-state index in [-0.39, 0.29) is 5.78 Å². The molecular formula is C16H18N2O4. The van der Waals surface area contributed by atoms with Gasteiger partial charge in [0, 0.05) is 12.6 Å². The summed E-state index contributed by atoms with van der Waals surface area (Å²) < 4.78 is 0. The van der Waals surface area contributed by atoms with E-state index in [1.54, 1.807) is 12.1 Å². The van der Waals surface area contributed by atoms with Crippen molar-refractivity contribution < 1.29 is 19.2 Å². The molecule has 116 valence electrons. The molecule has 0 N–H and O–H groups in total. The maximum Gasteiger partial charge on any atom is 0.334 e. The summed E-state index contributed by atoms with van der Waals surface area (Å²) in [7, 11) is 1.22. The zero-order valence-corrected chi connectivity index (χ0v) is 12.8. The quantitative estimate of drug-likeness (QED) is 0.472. The van der Waals surface area contributed by atoms with Crippen LogP contribution in [0.3, 0.4) is 0 Å². The van der Waals surface area contributed by atoms with Crippen LogP contribution in [0.1, 0.15) is 42.1 Å². The van der Waals surface area contributed by atoms with E-state index in [0.29, 0.717) is 21.3 Å². The topological polar surface area (TPSA) is 74.8 Å². The van der Waals surface area contributed by atoms with E-state index >= 15 is 0 Å². The highest BCUT2D eigenvalue weighted by molar-refractivity contribution is 6.45. The molecule has 0 radical (unpaired) electrons. The van der Waals surface area contributed by atoms with E-state index in [1.807, 2.05) is 12.1 Å². The number of benzene rings is 1. The molecule has 1 aliphatic heterocycles. The van der Waals surface area contributed by atoms with Crippen LogP contribution >= 0.6 is 0 Å². The monoisotopic (exact) mass is 302 g/mol. The summed E-state index contributed by atoms with van der Waals surface area (Å²) in [6, 6.07) is 6.33. The lowest BCUT2D eigenvalue weighted by Crippen LogP contribution is -2.36. The molecule has 0 unspecified atom stereocenters. The van der Waals surface area contributed by atoms with E-state index in [4.69, 9.17) is 0 Å². The zero-order valence-electron chi connectivity index (χ0n) is 12.8. The third kappa shape index (κ3) is 2.77. The lowest BCUT2D eigenvalue weighted by atomic mass is 9.97. The summed E-state index contributed by atoms with van der Waals surface area (Å²) in [6.45, 7) is 3.76. The van der Waals surface area contributed by atoms with Crippen LogP contribution in [0.5, 0.6) is 0 Å². The highest BCUT2D eigenvalue weighted by atomic mass is 16.2. The Balaban J connectivity index is 2.11. The fourth-order valence-corrected chi connectivity index (χ4v) is 2.22. The molecule has 4 amide bonds. The van der Waals surface area contributed by atoms with E-state index in [1.165, 1.54) is 7.05 Å². The van der Waals surface area contributed by atoms with Crippen molar-refractivity contribution in [2.45, 2.75) is 26.2 Å². The number of urea groups is 1. The van der Waals surface area contributed by atoms with Crippen molar-refractivity contribution in [2.75, 3.05) is 13.6 Å². The molecule has 1 saturated heterocycles. The van der Waals surface area contributed by atoms with Gasteiger partial charge in [-0.2, -0.15) is 0 Å². The normalized spacial score (nSPS) is 16.4. The number of imide groups is 2. The van der Waals surface area contributed by atoms with E-state index < -0.39 is 24.4 Å². The summed E-state index contributed by atoms with van der Waals surface area (Å²) in [5, 5.41) is 0. The third-order valence-electron chi connectivity index (χ3n) is 3.97. The number of hydrogen-bond donors (Lipinski definition) is 0. The second-order valence-corrected chi connectivity index (χ2v) is 5.39. The Bertz CT molecular complexity index is 636. The van der Waals surface area contributed by atoms with Crippen molar-refractivity contribution >= 4 is 23.6 Å². The zero-order chi connectivity index (χ0) is 16.4. The molecule has 1 fully saturated rings. The number of carbonyl (C=O) groups excluding carboxylic acids is 4. The molecule has 0 aliphatic carbocycles. The van der Waals surface area contributed by atoms with Gasteiger partial charge in [-0.1, -0.05) is 38.1 Å². The minimum atomic E-state index is -0.961. The molecule has 0 aromatic heterocycles. The molecule has 1 aromatic carbocycles. The Hall–Kier alpha value is -2.50. The molecule has 1 heterocycles. The molecule has 0 saturated carbocycles. The van der Waals surface area contributed by atoms with Crippen molar-refractivity contribution in [1.29, 1.82) is 0 Å². The Kier molecular flexibility index (Phi) is 4.40. The maximum atomic E-state index is 12.2. The number of nitrogens with zero attached hydrogens (tertiary/aromatic N) is 2. The molecule has 6 heteroatoms. The second kappa shape index (κ2) is 6.09. The third-order valence-corrected chi connectivity index (χ3v) is 3.97. The second-order valence-electron chi connectivity index (χ2n) is 5.39. The maximum absolute atomic E-state index is 12.2. The number of amides is 4. The SMILES string of the molecule is CC[C@@H](C)c1ccc(C(=O)CN2C(=O)C(=O)N(C)C2=O)cc1. The predicted octanol–water partition coefficient (Wildman–Crippen LogP) is 1.80. The lowest BCUT2D eigenvalue weighted by molar-refractivity contribution is -0.142. The first-order valence-electron chi connectivity index (χ1n) is 7.13. The Labute approximate surface area is 128 Å². The summed E-state index contributed by atoms with van der Waals surface area (Å²) in [6.07, 6.45) is 0.999. The van der Waals surface area contributed by atoms with Crippen LogP contribution < -0.4 is 0 Å². The Morgan fingerprint density at radius 2 is 1.68 bits per heavy atom. The van der Waals surface area contributed by atoms with Crippen molar-refractivity contribution in [2.24, 2.45) is 0 Å². The minimum absolute atomic E-state index is 0.375. The van der Waals surface area contributed by atoms with Gasteiger partial charge < -0.3 is 0 Å². The summed E-state index contributed by atoms with van der Waals surface area (Å²) in [5.41, 5.74) is 1.54. The number of hydrogen-bond acceptors (Lipinski definition) is 4. The van der Waals surface area contributed by atoms with Crippen molar-refractivity contribution in [3.8, 4) is 0 Å². The molecule has 1 aliphatic rings. The first kappa shape index (κ1) is 15.9. The molecular weight excluding hydrogens is 284 g/mol. The average Bonchev–Trinajstić information content (AvgIpc) is 2.72. The first-order chi connectivity index (χ1) is 10.4. The molecule has 22 heavy (non-hydrogen) atoms. The fraction of sp³-hybridized carbons (Fsp3) is 0.375. The molecule has 0 bridgehead atoms. The van der Waals surface area contributed by atoms with Crippen molar-refractivity contribution in [3.05, 3.63) is 35.4 Å². The number of rotatable bonds is 5. The van der Waals surface area contributed by atoms with Crippen LogP contribution in [-0.4, -0.2) is 47.0 Å². The molecule has 1 aromatic rings. The molecule has 6 nitrogen and oxygen atoms in total. The average molecular weight is 302 g/mol. The standard InChI is InChI=1S/C16H18N2O4/c1-4-10(2)11-5-7-12(8-6-11)13(19)9-18-15(21)14(20)17(3)16(18)22/h5-8,10H,4,9H2,1-3H3/t10-/m1/s1. The van der Waals surface area contributed by atoms with Crippen molar-refractivity contribution in [1.82, 2.24) is 9.80 Å². The Morgan fingerprint density at radius 3 is 2.14 bits per heavy atom. The van der Waals surface area contributed by atoms with Gasteiger partial charge >= 0.3 is 17.8 Å². The molecule has 0 spiro atoms. The van der Waals surface area contributed by atoms with Gasteiger partial charge in [0.25, 0.3) is 0 Å². The van der Waals surface area contributed by atoms with Gasteiger partial charge in [-0.05, 0) is 17.9 Å². The van der Waals surface area contributed by atoms with Gasteiger partial charge in [0.05, 0.1) is 6.54 Å². The smallest absolute Gasteiger partial charge is 0.292 e. The van der Waals surface area contributed by atoms with Crippen molar-refractivity contribution in [3.63, 3.8) is 0 Å². The summed E-state index contributed by atoms with van der Waals surface area (Å²) in [5.74, 6) is -1.85. The largest absolute Gasteiger partial charge is 0.334 e. The summed E-state index contributed by atoms with van der Waals surface area (Å²) in [4.78, 5) is 48.3. The van der Waals surface area contributed by atoms with Gasteiger partial charge in [-0.25, -0.2) is 9.69 Å². The van der Waals surface area contributed by atoms with Crippen LogP contribution in [-0.2, 0) is 9.59 Å². The number of Topliss-reactive ketones (excluding diaryl/α,β-unsaturated/α-hetero) is 1. The van der Waals surface area contributed by atoms with Crippen LogP contribution in [0.15, 0.2) is 24.3 Å². The molecule has 1 atom stereocenters. The van der Waals surface area contributed by atoms with Gasteiger partial charge in [0.15, 0.2) is 5.78 Å². The lowest BCUT2D eigenvalue weighted by Gasteiger charge is -2.13. The fourth-order valence-electron chi connectivity index (χ4n) is 2.22. The van der Waals surface area contributed by atoms with E-state index in [9.17, 15) is 19.2 Å². The van der Waals surface area contributed by atoms with Gasteiger partial charge in [0.2, 0.25) is 0 Å². The van der Waals surface area contributed by atoms with Crippen LogP contribution in [0.2, 0.25) is 0 Å². The van der Waals surface area contributed by atoms with Crippen LogP contribution in [0.4, 0.5) is 4.79 Å². The molecule has 2 rings (SSSR count). The van der Waals surface area contributed by atoms with Crippen LogP contribution in [0, 0.1) is 0 Å². The van der Waals surface area contributed by atoms with Gasteiger partial charge in [-0.15, -0.1) is 0 Å². The Morgan fingerprint density at radius 1 is 1.09 bits per heavy atom. The van der Waals surface area contributed by atoms with E-state index in [2.05, 4.69) is 13.8 Å². The first-order valence-corrected chi connectivity index (χ1v) is 7.13. The number of carbonyl (C=O) groups is 4. The highest BCUT2D eigenvalue weighted by Gasteiger charge is 2.42. The number of ketones is 1. The minimum Gasteiger partial charge on any atom is -0.292 e. The summed E-state index contributed by atoms with van der Waals surface area (Å²) >= 11 is 0. The highest BCUT2D eigenvalue weighted by Crippen LogP contribution is 2.19. The number of likely N-dealkylation sites (N-methyl/N-ethyl adjacent to an activating group) is 1.